The molecule has 0 bridgehead atoms. The van der Waals surface area contributed by atoms with Crippen LogP contribution in [0.15, 0.2) is 29.0 Å². The van der Waals surface area contributed by atoms with E-state index in [0.29, 0.717) is 0 Å². The number of benzene rings is 1. The number of rotatable bonds is 3. The van der Waals surface area contributed by atoms with E-state index in [-0.39, 0.29) is 6.61 Å². The molecule has 0 aliphatic carbocycles. The van der Waals surface area contributed by atoms with Gasteiger partial charge in [0.15, 0.2) is 0 Å². The van der Waals surface area contributed by atoms with Crippen molar-refractivity contribution in [3.63, 3.8) is 0 Å². The third-order valence-corrected chi connectivity index (χ3v) is 3.65. The number of hydrogen-bond acceptors (Lipinski definition) is 3. The van der Waals surface area contributed by atoms with E-state index in [1.807, 2.05) is 35.9 Å². The first-order chi connectivity index (χ1) is 7.72. The highest BCUT2D eigenvalue weighted by Crippen LogP contribution is 2.29. The molecule has 84 valence electrons. The summed E-state index contributed by atoms with van der Waals surface area (Å²) in [5, 5.41) is 17.1. The summed E-state index contributed by atoms with van der Waals surface area (Å²) in [5.74, 6) is 0. The van der Waals surface area contributed by atoms with Gasteiger partial charge < -0.3 is 10.4 Å². The number of aliphatic hydroxyl groups is 1. The Labute approximate surface area is 104 Å². The van der Waals surface area contributed by atoms with Crippen LogP contribution in [0.25, 0.3) is 0 Å². The summed E-state index contributed by atoms with van der Waals surface area (Å²) >= 11 is 7.61. The minimum absolute atomic E-state index is 0.0471. The molecule has 1 heterocycles. The first kappa shape index (κ1) is 11.5. The van der Waals surface area contributed by atoms with Gasteiger partial charge in [-0.3, -0.25) is 0 Å². The molecule has 4 heteroatoms. The van der Waals surface area contributed by atoms with Crippen LogP contribution in [0.1, 0.15) is 11.1 Å². The number of aliphatic hydroxyl groups excluding tert-OH is 1. The highest BCUT2D eigenvalue weighted by molar-refractivity contribution is 7.08. The molecule has 0 unspecified atom stereocenters. The Morgan fingerprint density at radius 1 is 1.31 bits per heavy atom. The molecule has 2 N–H and O–H groups in total. The summed E-state index contributed by atoms with van der Waals surface area (Å²) in [6, 6.07) is 5.74. The highest BCUT2D eigenvalue weighted by Gasteiger charge is 2.06. The van der Waals surface area contributed by atoms with Gasteiger partial charge in [-0.25, -0.2) is 0 Å². The average molecular weight is 254 g/mol. The molecule has 0 spiro atoms. The van der Waals surface area contributed by atoms with E-state index in [9.17, 15) is 0 Å². The molecular formula is C12H12ClNOS. The summed E-state index contributed by atoms with van der Waals surface area (Å²) in [6.45, 7) is 2.01. The number of hydrogen-bond donors (Lipinski definition) is 2. The van der Waals surface area contributed by atoms with E-state index >= 15 is 0 Å². The molecule has 0 saturated heterocycles. The molecule has 0 radical (unpaired) electrons. The van der Waals surface area contributed by atoms with Crippen molar-refractivity contribution in [1.82, 2.24) is 0 Å². The summed E-state index contributed by atoms with van der Waals surface area (Å²) in [4.78, 5) is 0. The second-order valence-electron chi connectivity index (χ2n) is 3.51. The van der Waals surface area contributed by atoms with E-state index < -0.39 is 0 Å². The Balaban J connectivity index is 2.30. The third kappa shape index (κ3) is 2.21. The lowest BCUT2D eigenvalue weighted by Gasteiger charge is -2.10. The van der Waals surface area contributed by atoms with Crippen molar-refractivity contribution in [1.29, 1.82) is 0 Å². The molecule has 0 aliphatic heterocycles. The molecule has 1 aromatic carbocycles. The van der Waals surface area contributed by atoms with E-state index in [1.165, 1.54) is 0 Å². The predicted octanol–water partition coefficient (Wildman–Crippen LogP) is 3.95. The average Bonchev–Trinajstić information content (AvgIpc) is 2.72. The topological polar surface area (TPSA) is 32.3 Å². The molecule has 0 amide bonds. The number of thiophene rings is 1. The van der Waals surface area contributed by atoms with Crippen molar-refractivity contribution in [2.45, 2.75) is 13.5 Å². The Hall–Kier alpha value is -1.03. The molecule has 2 aromatic rings. The Morgan fingerprint density at radius 2 is 2.12 bits per heavy atom. The standard InChI is InChI=1S/C12H12ClNOS/c1-8-10(13)3-2-4-11(8)14-12-7-16-6-9(12)5-15/h2-4,6-7,14-15H,5H2,1H3. The third-order valence-electron chi connectivity index (χ3n) is 2.45. The fourth-order valence-electron chi connectivity index (χ4n) is 1.44. The van der Waals surface area contributed by atoms with Crippen molar-refractivity contribution in [2.75, 3.05) is 5.32 Å². The zero-order valence-electron chi connectivity index (χ0n) is 8.83. The van der Waals surface area contributed by atoms with E-state index in [4.69, 9.17) is 16.7 Å². The predicted molar refractivity (Wildman–Crippen MR) is 69.7 cm³/mol. The van der Waals surface area contributed by atoms with E-state index in [1.54, 1.807) is 11.3 Å². The van der Waals surface area contributed by atoms with Crippen LogP contribution < -0.4 is 5.32 Å². The van der Waals surface area contributed by atoms with Crippen LogP contribution in [0.2, 0.25) is 5.02 Å². The lowest BCUT2D eigenvalue weighted by Crippen LogP contribution is -1.95. The second kappa shape index (κ2) is 4.87. The van der Waals surface area contributed by atoms with Gasteiger partial charge in [-0.1, -0.05) is 17.7 Å². The van der Waals surface area contributed by atoms with Crippen LogP contribution in [0.3, 0.4) is 0 Å². The monoisotopic (exact) mass is 253 g/mol. The van der Waals surface area contributed by atoms with Crippen molar-refractivity contribution >= 4 is 34.3 Å². The van der Waals surface area contributed by atoms with Gasteiger partial charge in [0, 0.05) is 21.7 Å². The van der Waals surface area contributed by atoms with Crippen LogP contribution in [-0.2, 0) is 6.61 Å². The van der Waals surface area contributed by atoms with Crippen molar-refractivity contribution in [3.8, 4) is 0 Å². The first-order valence-corrected chi connectivity index (χ1v) is 6.22. The molecule has 2 nitrogen and oxygen atoms in total. The molecule has 16 heavy (non-hydrogen) atoms. The van der Waals surface area contributed by atoms with Gasteiger partial charge in [0.05, 0.1) is 12.3 Å². The Bertz CT molecular complexity index is 496. The van der Waals surface area contributed by atoms with Crippen molar-refractivity contribution < 1.29 is 5.11 Å². The fraction of sp³-hybridized carbons (Fsp3) is 0.167. The molecule has 1 aromatic heterocycles. The van der Waals surface area contributed by atoms with Gasteiger partial charge in [-0.2, -0.15) is 0 Å². The summed E-state index contributed by atoms with van der Waals surface area (Å²) in [5.41, 5.74) is 3.84. The smallest absolute Gasteiger partial charge is 0.0710 e. The minimum atomic E-state index is 0.0471. The van der Waals surface area contributed by atoms with Crippen LogP contribution in [0, 0.1) is 6.92 Å². The summed E-state index contributed by atoms with van der Waals surface area (Å²) in [7, 11) is 0. The fourth-order valence-corrected chi connectivity index (χ4v) is 2.40. The van der Waals surface area contributed by atoms with Crippen LogP contribution >= 0.6 is 22.9 Å². The van der Waals surface area contributed by atoms with Gasteiger partial charge in [0.1, 0.15) is 0 Å². The van der Waals surface area contributed by atoms with Gasteiger partial charge >= 0.3 is 0 Å². The van der Waals surface area contributed by atoms with Crippen molar-refractivity contribution in [3.05, 3.63) is 45.1 Å². The molecule has 0 fully saturated rings. The molecule has 0 aliphatic rings. The van der Waals surface area contributed by atoms with Gasteiger partial charge in [0.2, 0.25) is 0 Å². The van der Waals surface area contributed by atoms with Crippen LogP contribution in [-0.4, -0.2) is 5.11 Å². The Kier molecular flexibility index (Phi) is 3.49. The maximum absolute atomic E-state index is 9.15. The molecule has 0 saturated carbocycles. The zero-order valence-corrected chi connectivity index (χ0v) is 10.4. The van der Waals surface area contributed by atoms with Crippen LogP contribution in [0.5, 0.6) is 0 Å². The zero-order chi connectivity index (χ0) is 11.5. The van der Waals surface area contributed by atoms with E-state index in [2.05, 4.69) is 5.32 Å². The summed E-state index contributed by atoms with van der Waals surface area (Å²) < 4.78 is 0. The maximum Gasteiger partial charge on any atom is 0.0710 e. The minimum Gasteiger partial charge on any atom is -0.392 e. The largest absolute Gasteiger partial charge is 0.392 e. The maximum atomic E-state index is 9.15. The Morgan fingerprint density at radius 3 is 2.88 bits per heavy atom. The second-order valence-corrected chi connectivity index (χ2v) is 4.66. The normalized spacial score (nSPS) is 10.4. The lowest BCUT2D eigenvalue weighted by molar-refractivity contribution is 0.283. The number of anilines is 2. The van der Waals surface area contributed by atoms with Crippen molar-refractivity contribution in [2.24, 2.45) is 0 Å². The molecule has 0 atom stereocenters. The molecular weight excluding hydrogens is 242 g/mol. The van der Waals surface area contributed by atoms with E-state index in [0.717, 1.165) is 27.5 Å². The van der Waals surface area contributed by atoms with Gasteiger partial charge in [0.25, 0.3) is 0 Å². The highest BCUT2D eigenvalue weighted by atomic mass is 35.5. The SMILES string of the molecule is Cc1c(Cl)cccc1Nc1cscc1CO. The number of nitrogens with one attached hydrogen (secondary N) is 1. The van der Waals surface area contributed by atoms with Gasteiger partial charge in [-0.15, -0.1) is 11.3 Å². The summed E-state index contributed by atoms with van der Waals surface area (Å²) in [6.07, 6.45) is 0. The van der Waals surface area contributed by atoms with Crippen LogP contribution in [0.4, 0.5) is 11.4 Å². The molecule has 2 rings (SSSR count). The first-order valence-electron chi connectivity index (χ1n) is 4.90. The van der Waals surface area contributed by atoms with Gasteiger partial charge in [-0.05, 0) is 30.0 Å². The lowest BCUT2D eigenvalue weighted by atomic mass is 10.2. The number of halogens is 1. The quantitative estimate of drug-likeness (QED) is 0.868.